The van der Waals surface area contributed by atoms with E-state index in [1.54, 1.807) is 0 Å². The summed E-state index contributed by atoms with van der Waals surface area (Å²) in [4.78, 5) is 10.7. The third kappa shape index (κ3) is 5.02. The molecule has 2 heterocycles. The van der Waals surface area contributed by atoms with Crippen molar-refractivity contribution in [2.45, 2.75) is 30.9 Å². The highest BCUT2D eigenvalue weighted by Crippen LogP contribution is 2.42. The summed E-state index contributed by atoms with van der Waals surface area (Å²) in [5, 5.41) is -0.636. The third-order valence-corrected chi connectivity index (χ3v) is 7.50. The number of aromatic nitrogens is 3. The molecule has 4 aromatic rings. The van der Waals surface area contributed by atoms with E-state index in [4.69, 9.17) is 19.8 Å². The molecule has 0 spiro atoms. The Bertz CT molecular complexity index is 1720. The summed E-state index contributed by atoms with van der Waals surface area (Å²) >= 11 is 6.54. The van der Waals surface area contributed by atoms with Crippen LogP contribution in [0, 0.1) is 17.5 Å². The first kappa shape index (κ1) is 18.3. The van der Waals surface area contributed by atoms with Crippen LogP contribution in [0.3, 0.4) is 0 Å². The summed E-state index contributed by atoms with van der Waals surface area (Å²) in [6.07, 6.45) is 1.25. The second-order valence-corrected chi connectivity index (χ2v) is 10.3. The molecule has 0 saturated carbocycles. The van der Waals surface area contributed by atoms with E-state index in [9.17, 15) is 17.2 Å². The monoisotopic (exact) mass is 544 g/mol. The zero-order chi connectivity index (χ0) is 30.5. The summed E-state index contributed by atoms with van der Waals surface area (Å²) in [5.41, 5.74) is -3.87. The fraction of sp³-hybridized carbons (Fsp3) is 0.174. The van der Waals surface area contributed by atoms with E-state index < -0.39 is 67.7 Å². The van der Waals surface area contributed by atoms with Crippen LogP contribution in [0.15, 0.2) is 53.6 Å². The average molecular weight is 545 g/mol. The number of halogens is 4. The first-order chi connectivity index (χ1) is 18.9. The fourth-order valence-electron chi connectivity index (χ4n) is 3.08. The molecule has 2 aromatic heterocycles. The Kier molecular flexibility index (Phi) is 4.81. The van der Waals surface area contributed by atoms with Gasteiger partial charge in [0.15, 0.2) is 10.7 Å². The van der Waals surface area contributed by atoms with Gasteiger partial charge in [0.2, 0.25) is 5.28 Å². The summed E-state index contributed by atoms with van der Waals surface area (Å²) in [6, 6.07) is 7.09. The van der Waals surface area contributed by atoms with Gasteiger partial charge in [0.25, 0.3) is 10.0 Å². The molecule has 6 nitrogen and oxygen atoms in total. The molecule has 0 radical (unpaired) electrons. The Hall–Kier alpha value is -3.02. The van der Waals surface area contributed by atoms with E-state index in [1.165, 1.54) is 24.4 Å². The van der Waals surface area contributed by atoms with E-state index in [-0.39, 0.29) is 21.5 Å². The second-order valence-electron chi connectivity index (χ2n) is 7.36. The first-order valence-electron chi connectivity index (χ1n) is 12.6. The maximum atomic E-state index is 15.9. The van der Waals surface area contributed by atoms with Crippen molar-refractivity contribution in [2.75, 3.05) is 4.72 Å². The molecule has 1 N–H and O–H groups in total. The summed E-state index contributed by atoms with van der Waals surface area (Å²) in [7, 11) is -4.97. The van der Waals surface area contributed by atoms with E-state index in [2.05, 4.69) is 15.0 Å². The Morgan fingerprint density at radius 2 is 1.74 bits per heavy atom. The predicted octanol–water partition coefficient (Wildman–Crippen LogP) is 6.44. The van der Waals surface area contributed by atoms with Gasteiger partial charge in [-0.25, -0.2) is 36.5 Å². The van der Waals surface area contributed by atoms with Crippen LogP contribution < -0.4 is 4.72 Å². The fourth-order valence-corrected chi connectivity index (χ4v) is 5.43. The second kappa shape index (κ2) is 9.21. The van der Waals surface area contributed by atoms with Gasteiger partial charge in [-0.1, -0.05) is 32.8 Å². The lowest BCUT2D eigenvalue weighted by atomic mass is 9.98. The van der Waals surface area contributed by atoms with Crippen molar-refractivity contribution >= 4 is 38.6 Å². The topological polar surface area (TPSA) is 84.8 Å². The Labute approximate surface area is 217 Å². The standard InChI is InChI=1S/C23H18ClF3N4O2S2/c1-23(2,3)21-30-18(19(34-21)16-10-11-28-22(24)29-16)12-6-4-9-15(17(12)27)31-35(32,33)20-13(25)7-5-8-14(20)26/h4-11,31H,1-3H3/i1D3,2D3. The Morgan fingerprint density at radius 3 is 2.40 bits per heavy atom. The minimum atomic E-state index is -4.97. The van der Waals surface area contributed by atoms with Gasteiger partial charge in [0.05, 0.1) is 27.0 Å². The number of benzene rings is 2. The first-order valence-corrected chi connectivity index (χ1v) is 12.3. The van der Waals surface area contributed by atoms with Gasteiger partial charge < -0.3 is 0 Å². The van der Waals surface area contributed by atoms with Crippen molar-refractivity contribution in [3.63, 3.8) is 0 Å². The minimum absolute atomic E-state index is 0.00285. The zero-order valence-corrected chi connectivity index (χ0v) is 20.0. The number of hydrogen-bond donors (Lipinski definition) is 1. The van der Waals surface area contributed by atoms with Crippen LogP contribution in [-0.2, 0) is 15.4 Å². The maximum absolute atomic E-state index is 15.9. The van der Waals surface area contributed by atoms with Crippen molar-refractivity contribution in [1.29, 1.82) is 0 Å². The van der Waals surface area contributed by atoms with Crippen LogP contribution in [0.25, 0.3) is 21.8 Å². The molecular weight excluding hydrogens is 521 g/mol. The SMILES string of the molecule is [2H]C([2H])([2H])C(C)(c1nc(-c2cccc(NS(=O)(=O)c3c(F)cccc3F)c2F)c(-c2ccnc(Cl)n2)s1)C([2H])([2H])[2H]. The third-order valence-electron chi connectivity index (χ3n) is 4.60. The van der Waals surface area contributed by atoms with Gasteiger partial charge in [-0.15, -0.1) is 11.3 Å². The lowest BCUT2D eigenvalue weighted by Gasteiger charge is -2.14. The number of rotatable bonds is 5. The Balaban J connectivity index is 1.95. The lowest BCUT2D eigenvalue weighted by molar-refractivity contribution is 0.521. The smallest absolute Gasteiger partial charge is 0.267 e. The number of sulfonamides is 1. The lowest BCUT2D eigenvalue weighted by Crippen LogP contribution is -2.17. The normalized spacial score (nSPS) is 15.3. The van der Waals surface area contributed by atoms with Gasteiger partial charge in [0, 0.05) is 25.4 Å². The summed E-state index contributed by atoms with van der Waals surface area (Å²) in [6.45, 7) is -5.20. The average Bonchev–Trinajstić information content (AvgIpc) is 3.28. The van der Waals surface area contributed by atoms with Gasteiger partial charge in [-0.3, -0.25) is 4.72 Å². The molecule has 0 unspecified atom stereocenters. The molecule has 0 aliphatic carbocycles. The van der Waals surface area contributed by atoms with Crippen LogP contribution in [-0.4, -0.2) is 23.4 Å². The molecule has 0 aliphatic heterocycles. The number of nitrogens with zero attached hydrogens (tertiary/aromatic N) is 3. The quantitative estimate of drug-likeness (QED) is 0.292. The molecule has 35 heavy (non-hydrogen) atoms. The Morgan fingerprint density at radius 1 is 1.06 bits per heavy atom. The van der Waals surface area contributed by atoms with E-state index in [1.807, 2.05) is 4.72 Å². The van der Waals surface area contributed by atoms with Gasteiger partial charge >= 0.3 is 0 Å². The van der Waals surface area contributed by atoms with Crippen LogP contribution in [0.1, 0.15) is 33.9 Å². The van der Waals surface area contributed by atoms with Gasteiger partial charge in [-0.2, -0.15) is 0 Å². The molecule has 0 bridgehead atoms. The number of thiazole rings is 1. The minimum Gasteiger partial charge on any atom is -0.276 e. The molecule has 12 heteroatoms. The van der Waals surface area contributed by atoms with Crippen LogP contribution >= 0.6 is 22.9 Å². The van der Waals surface area contributed by atoms with Gasteiger partial charge in [-0.05, 0) is 41.9 Å². The van der Waals surface area contributed by atoms with Crippen molar-refractivity contribution in [3.05, 3.63) is 76.4 Å². The molecular formula is C23H18ClF3N4O2S2. The van der Waals surface area contributed by atoms with E-state index >= 15 is 4.39 Å². The molecule has 2 aromatic carbocycles. The predicted molar refractivity (Wildman–Crippen MR) is 129 cm³/mol. The molecule has 182 valence electrons. The van der Waals surface area contributed by atoms with Crippen molar-refractivity contribution < 1.29 is 29.8 Å². The molecule has 0 amide bonds. The van der Waals surface area contributed by atoms with E-state index in [0.717, 1.165) is 19.1 Å². The highest BCUT2D eigenvalue weighted by atomic mass is 35.5. The summed E-state index contributed by atoms with van der Waals surface area (Å²) < 4.78 is 120. The summed E-state index contributed by atoms with van der Waals surface area (Å²) in [5.74, 6) is -4.07. The highest BCUT2D eigenvalue weighted by molar-refractivity contribution is 7.92. The molecule has 4 rings (SSSR count). The zero-order valence-electron chi connectivity index (χ0n) is 23.6. The highest BCUT2D eigenvalue weighted by Gasteiger charge is 2.28. The number of anilines is 1. The molecule has 0 fully saturated rings. The van der Waals surface area contributed by atoms with Crippen molar-refractivity contribution in [3.8, 4) is 21.8 Å². The largest absolute Gasteiger partial charge is 0.276 e. The molecule has 0 aliphatic rings. The van der Waals surface area contributed by atoms with E-state index in [0.29, 0.717) is 23.5 Å². The van der Waals surface area contributed by atoms with Crippen molar-refractivity contribution in [1.82, 2.24) is 15.0 Å². The maximum Gasteiger partial charge on any atom is 0.267 e. The number of nitrogens with one attached hydrogen (secondary N) is 1. The van der Waals surface area contributed by atoms with Crippen LogP contribution in [0.2, 0.25) is 5.28 Å². The molecule has 0 atom stereocenters. The van der Waals surface area contributed by atoms with Gasteiger partial charge in [0.1, 0.15) is 11.6 Å². The molecule has 0 saturated heterocycles. The van der Waals surface area contributed by atoms with Crippen LogP contribution in [0.4, 0.5) is 18.9 Å². The number of hydrogen-bond acceptors (Lipinski definition) is 6. The van der Waals surface area contributed by atoms with Crippen LogP contribution in [0.5, 0.6) is 0 Å². The van der Waals surface area contributed by atoms with Crippen molar-refractivity contribution in [2.24, 2.45) is 0 Å².